The minimum atomic E-state index is -0.295. The van der Waals surface area contributed by atoms with Crippen LogP contribution in [-0.4, -0.2) is 45.2 Å². The Morgan fingerprint density at radius 2 is 2.09 bits per heavy atom. The molecule has 0 saturated carbocycles. The van der Waals surface area contributed by atoms with Crippen LogP contribution in [0.15, 0.2) is 24.3 Å². The minimum Gasteiger partial charge on any atom is -0.494 e. The van der Waals surface area contributed by atoms with Crippen molar-refractivity contribution in [3.63, 3.8) is 0 Å². The van der Waals surface area contributed by atoms with Gasteiger partial charge in [0.25, 0.3) is 0 Å². The molecule has 0 aromatic heterocycles. The van der Waals surface area contributed by atoms with Gasteiger partial charge in [0.1, 0.15) is 5.75 Å². The van der Waals surface area contributed by atoms with Crippen LogP contribution in [-0.2, 0) is 14.3 Å². The number of rotatable bonds is 8. The molecule has 0 spiro atoms. The second kappa shape index (κ2) is 8.53. The lowest BCUT2D eigenvalue weighted by atomic mass is 10.1. The number of carbonyl (C=O) groups excluding carboxylic acids is 2. The predicted molar refractivity (Wildman–Crippen MR) is 87.6 cm³/mol. The number of hydrogen-bond acceptors (Lipinski definition) is 4. The zero-order valence-electron chi connectivity index (χ0n) is 13.7. The van der Waals surface area contributed by atoms with Gasteiger partial charge in [0.05, 0.1) is 12.5 Å². The Morgan fingerprint density at radius 1 is 1.35 bits per heavy atom. The molecule has 23 heavy (non-hydrogen) atoms. The summed E-state index contributed by atoms with van der Waals surface area (Å²) in [5, 5.41) is 2.86. The van der Waals surface area contributed by atoms with E-state index in [0.29, 0.717) is 26.3 Å². The SMILES string of the molecule is CCOc1ccc(N2C[C@@H](C(=O)NCCCOC)CC2=O)cc1. The molecule has 6 nitrogen and oxygen atoms in total. The molecule has 1 aromatic carbocycles. The molecule has 2 rings (SSSR count). The molecular formula is C17H24N2O4. The molecular weight excluding hydrogens is 296 g/mol. The number of hydrogen-bond donors (Lipinski definition) is 1. The molecule has 6 heteroatoms. The van der Waals surface area contributed by atoms with E-state index in [1.165, 1.54) is 0 Å². The lowest BCUT2D eigenvalue weighted by molar-refractivity contribution is -0.126. The van der Waals surface area contributed by atoms with Crippen LogP contribution in [0.2, 0.25) is 0 Å². The van der Waals surface area contributed by atoms with Crippen molar-refractivity contribution in [1.82, 2.24) is 5.32 Å². The first-order chi connectivity index (χ1) is 11.2. The highest BCUT2D eigenvalue weighted by Crippen LogP contribution is 2.26. The number of anilines is 1. The second-order valence-electron chi connectivity index (χ2n) is 5.47. The standard InChI is InChI=1S/C17H24N2O4/c1-3-23-15-7-5-14(6-8-15)19-12-13(11-16(19)20)17(21)18-9-4-10-22-2/h5-8,13H,3-4,9-12H2,1-2H3,(H,18,21)/t13-/m0/s1. The van der Waals surface area contributed by atoms with Crippen LogP contribution in [0.1, 0.15) is 19.8 Å². The van der Waals surface area contributed by atoms with Gasteiger partial charge in [0.15, 0.2) is 0 Å². The monoisotopic (exact) mass is 320 g/mol. The van der Waals surface area contributed by atoms with Crippen LogP contribution >= 0.6 is 0 Å². The maximum atomic E-state index is 12.2. The van der Waals surface area contributed by atoms with E-state index in [1.54, 1.807) is 12.0 Å². The zero-order chi connectivity index (χ0) is 16.7. The largest absolute Gasteiger partial charge is 0.494 e. The average Bonchev–Trinajstić information content (AvgIpc) is 2.94. The minimum absolute atomic E-state index is 0.0220. The third-order valence-electron chi connectivity index (χ3n) is 3.78. The van der Waals surface area contributed by atoms with Crippen molar-refractivity contribution >= 4 is 17.5 Å². The Bertz CT molecular complexity index is 530. The van der Waals surface area contributed by atoms with Crippen molar-refractivity contribution < 1.29 is 19.1 Å². The van der Waals surface area contributed by atoms with Gasteiger partial charge < -0.3 is 19.7 Å². The first kappa shape index (κ1) is 17.3. The van der Waals surface area contributed by atoms with Gasteiger partial charge >= 0.3 is 0 Å². The molecule has 1 heterocycles. The van der Waals surface area contributed by atoms with Crippen LogP contribution in [0.4, 0.5) is 5.69 Å². The van der Waals surface area contributed by atoms with Gasteiger partial charge in [-0.25, -0.2) is 0 Å². The summed E-state index contributed by atoms with van der Waals surface area (Å²) in [5.74, 6) is 0.390. The Hall–Kier alpha value is -2.08. The number of methoxy groups -OCH3 is 1. The molecule has 0 aliphatic carbocycles. The van der Waals surface area contributed by atoms with Gasteiger partial charge in [-0.05, 0) is 37.6 Å². The van der Waals surface area contributed by atoms with Crippen molar-refractivity contribution in [2.45, 2.75) is 19.8 Å². The summed E-state index contributed by atoms with van der Waals surface area (Å²) in [6.45, 7) is 4.13. The van der Waals surface area contributed by atoms with E-state index >= 15 is 0 Å². The maximum absolute atomic E-state index is 12.2. The fourth-order valence-electron chi connectivity index (χ4n) is 2.59. The summed E-state index contributed by atoms with van der Waals surface area (Å²) in [4.78, 5) is 26.0. The summed E-state index contributed by atoms with van der Waals surface area (Å²) in [6.07, 6.45) is 1.02. The topological polar surface area (TPSA) is 67.9 Å². The molecule has 126 valence electrons. The molecule has 0 bridgehead atoms. The fourth-order valence-corrected chi connectivity index (χ4v) is 2.59. The molecule has 1 aliphatic rings. The number of nitrogens with one attached hydrogen (secondary N) is 1. The maximum Gasteiger partial charge on any atom is 0.227 e. The Labute approximate surface area is 136 Å². The van der Waals surface area contributed by atoms with Crippen molar-refractivity contribution in [3.05, 3.63) is 24.3 Å². The van der Waals surface area contributed by atoms with Crippen molar-refractivity contribution in [1.29, 1.82) is 0 Å². The van der Waals surface area contributed by atoms with Crippen molar-refractivity contribution in [3.8, 4) is 5.75 Å². The van der Waals surface area contributed by atoms with Gasteiger partial charge in [-0.2, -0.15) is 0 Å². The second-order valence-corrected chi connectivity index (χ2v) is 5.47. The highest BCUT2D eigenvalue weighted by Gasteiger charge is 2.34. The summed E-state index contributed by atoms with van der Waals surface area (Å²) >= 11 is 0. The van der Waals surface area contributed by atoms with E-state index in [1.807, 2.05) is 31.2 Å². The van der Waals surface area contributed by atoms with Gasteiger partial charge in [0.2, 0.25) is 11.8 Å². The number of carbonyl (C=O) groups is 2. The lowest BCUT2D eigenvalue weighted by Gasteiger charge is -2.17. The summed E-state index contributed by atoms with van der Waals surface area (Å²) < 4.78 is 10.3. The van der Waals surface area contributed by atoms with E-state index in [0.717, 1.165) is 17.9 Å². The van der Waals surface area contributed by atoms with E-state index in [-0.39, 0.29) is 24.2 Å². The third-order valence-corrected chi connectivity index (χ3v) is 3.78. The van der Waals surface area contributed by atoms with Gasteiger partial charge in [-0.15, -0.1) is 0 Å². The number of nitrogens with zero attached hydrogens (tertiary/aromatic N) is 1. The van der Waals surface area contributed by atoms with Crippen LogP contribution < -0.4 is 15.0 Å². The fraction of sp³-hybridized carbons (Fsp3) is 0.529. The molecule has 1 aromatic rings. The molecule has 1 N–H and O–H groups in total. The number of benzene rings is 1. The molecule has 2 amide bonds. The molecule has 1 atom stereocenters. The van der Waals surface area contributed by atoms with Crippen LogP contribution in [0.3, 0.4) is 0 Å². The van der Waals surface area contributed by atoms with Gasteiger partial charge in [-0.1, -0.05) is 0 Å². The van der Waals surface area contributed by atoms with E-state index < -0.39 is 0 Å². The number of ether oxygens (including phenoxy) is 2. The van der Waals surface area contributed by atoms with Gasteiger partial charge in [-0.3, -0.25) is 9.59 Å². The van der Waals surface area contributed by atoms with Gasteiger partial charge in [0, 0.05) is 38.9 Å². The Kier molecular flexibility index (Phi) is 6.40. The van der Waals surface area contributed by atoms with E-state index in [9.17, 15) is 9.59 Å². The first-order valence-corrected chi connectivity index (χ1v) is 7.95. The lowest BCUT2D eigenvalue weighted by Crippen LogP contribution is -2.33. The quantitative estimate of drug-likeness (QED) is 0.739. The highest BCUT2D eigenvalue weighted by atomic mass is 16.5. The van der Waals surface area contributed by atoms with Crippen LogP contribution in [0, 0.1) is 5.92 Å². The normalized spacial score (nSPS) is 17.4. The summed E-state index contributed by atoms with van der Waals surface area (Å²) in [7, 11) is 1.63. The molecule has 1 saturated heterocycles. The Morgan fingerprint density at radius 3 is 2.74 bits per heavy atom. The third kappa shape index (κ3) is 4.69. The summed E-state index contributed by atoms with van der Waals surface area (Å²) in [5.41, 5.74) is 0.799. The average molecular weight is 320 g/mol. The summed E-state index contributed by atoms with van der Waals surface area (Å²) in [6, 6.07) is 7.37. The van der Waals surface area contributed by atoms with E-state index in [4.69, 9.17) is 9.47 Å². The number of amides is 2. The van der Waals surface area contributed by atoms with Crippen LogP contribution in [0.25, 0.3) is 0 Å². The molecule has 0 unspecified atom stereocenters. The van der Waals surface area contributed by atoms with Crippen molar-refractivity contribution in [2.75, 3.05) is 38.3 Å². The molecule has 1 aliphatic heterocycles. The van der Waals surface area contributed by atoms with E-state index in [2.05, 4.69) is 5.32 Å². The smallest absolute Gasteiger partial charge is 0.227 e. The highest BCUT2D eigenvalue weighted by molar-refractivity contribution is 6.00. The van der Waals surface area contributed by atoms with Crippen molar-refractivity contribution in [2.24, 2.45) is 5.92 Å². The first-order valence-electron chi connectivity index (χ1n) is 7.95. The predicted octanol–water partition coefficient (Wildman–Crippen LogP) is 1.59. The zero-order valence-corrected chi connectivity index (χ0v) is 13.7. The molecule has 1 fully saturated rings. The van der Waals surface area contributed by atoms with Crippen LogP contribution in [0.5, 0.6) is 5.75 Å². The Balaban J connectivity index is 1.90. The molecule has 0 radical (unpaired) electrons.